The van der Waals surface area contributed by atoms with Crippen molar-refractivity contribution in [1.82, 2.24) is 0 Å². The Hall–Kier alpha value is -2.01. The molecule has 112 valence electrons. The van der Waals surface area contributed by atoms with Crippen LogP contribution in [0.5, 0.6) is 11.5 Å². The standard InChI is InChI=1S/C16H18O4S/c1-11(2)20-13-4-6-14(7-5-13)21(18,19)15-8-9-16(17)12(3)10-15/h4-11,17H,1-3H3. The van der Waals surface area contributed by atoms with Gasteiger partial charge in [0.25, 0.3) is 0 Å². The van der Waals surface area contributed by atoms with Crippen molar-refractivity contribution in [2.24, 2.45) is 0 Å². The fraction of sp³-hybridized carbons (Fsp3) is 0.250. The maximum absolute atomic E-state index is 12.5. The predicted octanol–water partition coefficient (Wildman–Crippen LogP) is 3.32. The molecule has 0 aromatic heterocycles. The Kier molecular flexibility index (Phi) is 4.23. The van der Waals surface area contributed by atoms with E-state index in [4.69, 9.17) is 4.74 Å². The molecule has 0 aliphatic rings. The summed E-state index contributed by atoms with van der Waals surface area (Å²) in [6.07, 6.45) is 0.0344. The SMILES string of the molecule is Cc1cc(S(=O)(=O)c2ccc(OC(C)C)cc2)ccc1O. The highest BCUT2D eigenvalue weighted by Gasteiger charge is 2.18. The van der Waals surface area contributed by atoms with Crippen molar-refractivity contribution in [2.75, 3.05) is 0 Å². The first-order valence-corrected chi connectivity index (χ1v) is 8.10. The summed E-state index contributed by atoms with van der Waals surface area (Å²) < 4.78 is 30.5. The molecule has 0 heterocycles. The van der Waals surface area contributed by atoms with Gasteiger partial charge in [-0.3, -0.25) is 0 Å². The molecule has 0 atom stereocenters. The van der Waals surface area contributed by atoms with E-state index in [2.05, 4.69) is 0 Å². The Morgan fingerprint density at radius 1 is 1.00 bits per heavy atom. The lowest BCUT2D eigenvalue weighted by atomic mass is 10.2. The number of aryl methyl sites for hydroxylation is 1. The molecule has 2 aromatic rings. The summed E-state index contributed by atoms with van der Waals surface area (Å²) in [7, 11) is -3.59. The van der Waals surface area contributed by atoms with E-state index in [0.717, 1.165) is 0 Å². The zero-order valence-electron chi connectivity index (χ0n) is 12.2. The van der Waals surface area contributed by atoms with Gasteiger partial charge >= 0.3 is 0 Å². The monoisotopic (exact) mass is 306 g/mol. The molecule has 4 nitrogen and oxygen atoms in total. The average Bonchev–Trinajstić information content (AvgIpc) is 2.41. The number of rotatable bonds is 4. The first-order chi connectivity index (χ1) is 9.80. The molecule has 0 saturated heterocycles. The van der Waals surface area contributed by atoms with Gasteiger partial charge in [-0.05, 0) is 68.8 Å². The van der Waals surface area contributed by atoms with Crippen molar-refractivity contribution in [1.29, 1.82) is 0 Å². The zero-order valence-corrected chi connectivity index (χ0v) is 13.0. The van der Waals surface area contributed by atoms with Gasteiger partial charge in [-0.15, -0.1) is 0 Å². The number of hydrogen-bond acceptors (Lipinski definition) is 4. The summed E-state index contributed by atoms with van der Waals surface area (Å²) in [5, 5.41) is 9.49. The molecule has 0 amide bonds. The summed E-state index contributed by atoms with van der Waals surface area (Å²) >= 11 is 0. The highest BCUT2D eigenvalue weighted by atomic mass is 32.2. The van der Waals surface area contributed by atoms with E-state index < -0.39 is 9.84 Å². The van der Waals surface area contributed by atoms with Crippen LogP contribution >= 0.6 is 0 Å². The highest BCUT2D eigenvalue weighted by Crippen LogP contribution is 2.26. The van der Waals surface area contributed by atoms with Gasteiger partial charge in [0, 0.05) is 0 Å². The van der Waals surface area contributed by atoms with Crippen LogP contribution < -0.4 is 4.74 Å². The Bertz CT molecular complexity index is 731. The van der Waals surface area contributed by atoms with Crippen molar-refractivity contribution < 1.29 is 18.3 Å². The maximum atomic E-state index is 12.5. The van der Waals surface area contributed by atoms with Gasteiger partial charge in [0.05, 0.1) is 15.9 Å². The summed E-state index contributed by atoms with van der Waals surface area (Å²) in [6, 6.07) is 10.6. The molecule has 0 fully saturated rings. The third kappa shape index (κ3) is 3.36. The molecule has 0 saturated carbocycles. The fourth-order valence-corrected chi connectivity index (χ4v) is 3.25. The van der Waals surface area contributed by atoms with Crippen molar-refractivity contribution >= 4 is 9.84 Å². The number of phenols is 1. The second-order valence-electron chi connectivity index (χ2n) is 5.09. The van der Waals surface area contributed by atoms with Crippen LogP contribution in [0.1, 0.15) is 19.4 Å². The molecule has 5 heteroatoms. The van der Waals surface area contributed by atoms with Crippen molar-refractivity contribution in [3.63, 3.8) is 0 Å². The molecule has 0 unspecified atom stereocenters. The Morgan fingerprint density at radius 3 is 2.10 bits per heavy atom. The van der Waals surface area contributed by atoms with Crippen LogP contribution in [0.2, 0.25) is 0 Å². The van der Waals surface area contributed by atoms with E-state index >= 15 is 0 Å². The summed E-state index contributed by atoms with van der Waals surface area (Å²) in [4.78, 5) is 0.360. The van der Waals surface area contributed by atoms with Crippen LogP contribution in [0.4, 0.5) is 0 Å². The van der Waals surface area contributed by atoms with Crippen LogP contribution in [-0.2, 0) is 9.84 Å². The maximum Gasteiger partial charge on any atom is 0.206 e. The highest BCUT2D eigenvalue weighted by molar-refractivity contribution is 7.91. The van der Waals surface area contributed by atoms with Crippen LogP contribution in [0.3, 0.4) is 0 Å². The Balaban J connectivity index is 2.37. The Morgan fingerprint density at radius 2 is 1.57 bits per heavy atom. The molecular formula is C16H18O4S. The molecule has 0 aliphatic heterocycles. The first-order valence-electron chi connectivity index (χ1n) is 6.62. The van der Waals surface area contributed by atoms with Crippen molar-refractivity contribution in [3.8, 4) is 11.5 Å². The number of hydrogen-bond donors (Lipinski definition) is 1. The van der Waals surface area contributed by atoms with Crippen LogP contribution in [0.15, 0.2) is 52.3 Å². The number of aromatic hydroxyl groups is 1. The predicted molar refractivity (Wildman–Crippen MR) is 80.5 cm³/mol. The number of ether oxygens (including phenoxy) is 1. The van der Waals surface area contributed by atoms with Crippen LogP contribution in [0.25, 0.3) is 0 Å². The summed E-state index contributed by atoms with van der Waals surface area (Å²) in [6.45, 7) is 5.47. The quantitative estimate of drug-likeness (QED) is 0.941. The third-order valence-corrected chi connectivity index (χ3v) is 4.75. The van der Waals surface area contributed by atoms with E-state index in [1.165, 1.54) is 30.3 Å². The molecule has 0 radical (unpaired) electrons. The van der Waals surface area contributed by atoms with Gasteiger partial charge in [0.2, 0.25) is 9.84 Å². The number of phenolic OH excluding ortho intramolecular Hbond substituents is 1. The van der Waals surface area contributed by atoms with E-state index in [0.29, 0.717) is 11.3 Å². The normalized spacial score (nSPS) is 11.6. The zero-order chi connectivity index (χ0) is 15.6. The molecule has 0 spiro atoms. The summed E-state index contributed by atoms with van der Waals surface area (Å²) in [5.41, 5.74) is 0.524. The van der Waals surface area contributed by atoms with E-state index in [1.54, 1.807) is 19.1 Å². The summed E-state index contributed by atoms with van der Waals surface area (Å²) in [5.74, 6) is 0.709. The number of sulfone groups is 1. The fourth-order valence-electron chi connectivity index (χ4n) is 1.90. The molecular weight excluding hydrogens is 288 g/mol. The van der Waals surface area contributed by atoms with E-state index in [9.17, 15) is 13.5 Å². The Labute approximate surface area is 124 Å². The van der Waals surface area contributed by atoms with Crippen LogP contribution in [-0.4, -0.2) is 19.6 Å². The van der Waals surface area contributed by atoms with E-state index in [1.807, 2.05) is 13.8 Å². The minimum atomic E-state index is -3.59. The lowest BCUT2D eigenvalue weighted by Gasteiger charge is -2.11. The van der Waals surface area contributed by atoms with Gasteiger partial charge in [-0.25, -0.2) is 8.42 Å². The average molecular weight is 306 g/mol. The molecule has 21 heavy (non-hydrogen) atoms. The van der Waals surface area contributed by atoms with Crippen LogP contribution in [0, 0.1) is 6.92 Å². The lowest BCUT2D eigenvalue weighted by Crippen LogP contribution is -2.06. The molecule has 2 rings (SSSR count). The molecule has 1 N–H and O–H groups in total. The van der Waals surface area contributed by atoms with Crippen molar-refractivity contribution in [3.05, 3.63) is 48.0 Å². The van der Waals surface area contributed by atoms with Gasteiger partial charge < -0.3 is 9.84 Å². The molecule has 2 aromatic carbocycles. The number of benzene rings is 2. The minimum absolute atomic E-state index is 0.0344. The first kappa shape index (κ1) is 15.4. The lowest BCUT2D eigenvalue weighted by molar-refractivity contribution is 0.242. The second-order valence-corrected chi connectivity index (χ2v) is 7.04. The van der Waals surface area contributed by atoms with Gasteiger partial charge in [0.15, 0.2) is 0 Å². The van der Waals surface area contributed by atoms with Gasteiger partial charge in [-0.2, -0.15) is 0 Å². The smallest absolute Gasteiger partial charge is 0.206 e. The van der Waals surface area contributed by atoms with E-state index in [-0.39, 0.29) is 21.6 Å². The largest absolute Gasteiger partial charge is 0.508 e. The molecule has 0 bridgehead atoms. The topological polar surface area (TPSA) is 63.6 Å². The third-order valence-electron chi connectivity index (χ3n) is 2.98. The second kappa shape index (κ2) is 5.77. The minimum Gasteiger partial charge on any atom is -0.508 e. The van der Waals surface area contributed by atoms with Crippen molar-refractivity contribution in [2.45, 2.75) is 36.7 Å². The van der Waals surface area contributed by atoms with Gasteiger partial charge in [0.1, 0.15) is 11.5 Å². The van der Waals surface area contributed by atoms with Gasteiger partial charge in [-0.1, -0.05) is 0 Å². The molecule has 0 aliphatic carbocycles.